The van der Waals surface area contributed by atoms with E-state index < -0.39 is 0 Å². The fraction of sp³-hybridized carbons (Fsp3) is 0. The number of para-hydroxylation sites is 1. The van der Waals surface area contributed by atoms with Crippen LogP contribution in [0.15, 0.2) is 46.7 Å². The van der Waals surface area contributed by atoms with Crippen molar-refractivity contribution >= 4 is 33.5 Å². The maximum Gasteiger partial charge on any atom is 0.172 e. The Balaban J connectivity index is 2.34. The summed E-state index contributed by atoms with van der Waals surface area (Å²) in [6.07, 6.45) is 0. The number of fused-ring (bicyclic) bond motifs is 3. The van der Waals surface area contributed by atoms with Crippen molar-refractivity contribution < 1.29 is 10.4 Å². The number of amidine groups is 2. The number of aromatic nitrogens is 1. The molecule has 0 radical (unpaired) electrons. The van der Waals surface area contributed by atoms with Crippen molar-refractivity contribution in [1.29, 1.82) is 0 Å². The minimum atomic E-state index is 0.0313. The Labute approximate surface area is 119 Å². The molecule has 0 saturated carbocycles. The maximum atomic E-state index is 8.86. The summed E-state index contributed by atoms with van der Waals surface area (Å²) in [6, 6.07) is 10.9. The van der Waals surface area contributed by atoms with E-state index in [0.717, 1.165) is 21.8 Å². The number of hydrogen-bond donors (Lipinski definition) is 5. The van der Waals surface area contributed by atoms with Crippen molar-refractivity contribution in [2.75, 3.05) is 0 Å². The minimum absolute atomic E-state index is 0.0313. The summed E-state index contributed by atoms with van der Waals surface area (Å²) in [7, 11) is 0. The van der Waals surface area contributed by atoms with Gasteiger partial charge in [0.05, 0.1) is 5.52 Å². The predicted octanol–water partition coefficient (Wildman–Crippen LogP) is 1.51. The zero-order valence-corrected chi connectivity index (χ0v) is 10.9. The Hall–Kier alpha value is -3.22. The third-order valence-corrected chi connectivity index (χ3v) is 3.42. The molecule has 106 valence electrons. The number of oxime groups is 2. The third kappa shape index (κ3) is 1.91. The Morgan fingerprint density at radius 2 is 1.71 bits per heavy atom. The molecule has 0 aliphatic rings. The molecule has 0 aliphatic heterocycles. The number of aromatic amines is 1. The van der Waals surface area contributed by atoms with Crippen LogP contribution in [0.1, 0.15) is 11.1 Å². The largest absolute Gasteiger partial charge is 0.409 e. The van der Waals surface area contributed by atoms with E-state index in [-0.39, 0.29) is 11.7 Å². The molecule has 0 amide bonds. The second kappa shape index (κ2) is 4.71. The predicted molar refractivity (Wildman–Crippen MR) is 80.8 cm³/mol. The quantitative estimate of drug-likeness (QED) is 0.211. The maximum absolute atomic E-state index is 8.86. The van der Waals surface area contributed by atoms with Gasteiger partial charge in [0.25, 0.3) is 0 Å². The zero-order chi connectivity index (χ0) is 15.0. The molecular weight excluding hydrogens is 270 g/mol. The van der Waals surface area contributed by atoms with Crippen LogP contribution in [0.2, 0.25) is 0 Å². The molecule has 1 aromatic heterocycles. The Kier molecular flexibility index (Phi) is 2.87. The summed E-state index contributed by atoms with van der Waals surface area (Å²) >= 11 is 0. The van der Waals surface area contributed by atoms with Crippen LogP contribution in [0, 0.1) is 0 Å². The SMILES string of the molecule is N/C(=N\O)c1ccc2c(c1)[nH]c1c(/C(N)=N/O)cccc12. The van der Waals surface area contributed by atoms with Crippen molar-refractivity contribution in [3.05, 3.63) is 47.5 Å². The number of nitrogens with one attached hydrogen (secondary N) is 1. The first kappa shape index (κ1) is 12.8. The van der Waals surface area contributed by atoms with Gasteiger partial charge in [0.15, 0.2) is 11.7 Å². The molecule has 0 atom stereocenters. The molecule has 7 nitrogen and oxygen atoms in total. The minimum Gasteiger partial charge on any atom is -0.409 e. The van der Waals surface area contributed by atoms with Gasteiger partial charge >= 0.3 is 0 Å². The van der Waals surface area contributed by atoms with Crippen LogP contribution >= 0.6 is 0 Å². The van der Waals surface area contributed by atoms with Crippen LogP contribution < -0.4 is 11.5 Å². The molecule has 0 aliphatic carbocycles. The van der Waals surface area contributed by atoms with Crippen LogP contribution in [0.25, 0.3) is 21.8 Å². The van der Waals surface area contributed by atoms with E-state index >= 15 is 0 Å². The number of benzene rings is 2. The van der Waals surface area contributed by atoms with Crippen LogP contribution in [-0.4, -0.2) is 27.1 Å². The highest BCUT2D eigenvalue weighted by atomic mass is 16.4. The van der Waals surface area contributed by atoms with E-state index in [1.807, 2.05) is 18.2 Å². The Morgan fingerprint density at radius 1 is 0.952 bits per heavy atom. The average molecular weight is 283 g/mol. The highest BCUT2D eigenvalue weighted by Gasteiger charge is 2.11. The van der Waals surface area contributed by atoms with Crippen LogP contribution in [0.3, 0.4) is 0 Å². The van der Waals surface area contributed by atoms with Crippen molar-refractivity contribution in [3.8, 4) is 0 Å². The molecular formula is C14H13N5O2. The lowest BCUT2D eigenvalue weighted by atomic mass is 10.1. The number of H-pyrrole nitrogens is 1. The molecule has 7 N–H and O–H groups in total. The number of nitrogens with two attached hydrogens (primary N) is 2. The van der Waals surface area contributed by atoms with E-state index in [1.54, 1.807) is 18.2 Å². The van der Waals surface area contributed by atoms with E-state index in [9.17, 15) is 0 Å². The molecule has 3 rings (SSSR count). The van der Waals surface area contributed by atoms with Crippen molar-refractivity contribution in [2.24, 2.45) is 21.8 Å². The van der Waals surface area contributed by atoms with Crippen LogP contribution in [0.4, 0.5) is 0 Å². The fourth-order valence-corrected chi connectivity index (χ4v) is 2.41. The molecule has 0 saturated heterocycles. The van der Waals surface area contributed by atoms with E-state index in [1.165, 1.54) is 0 Å². The van der Waals surface area contributed by atoms with E-state index in [2.05, 4.69) is 15.3 Å². The van der Waals surface area contributed by atoms with Gasteiger partial charge in [-0.05, 0) is 12.1 Å². The highest BCUT2D eigenvalue weighted by Crippen LogP contribution is 2.28. The smallest absolute Gasteiger partial charge is 0.172 e. The molecule has 1 heterocycles. The standard InChI is InChI=1S/C14H13N5O2/c15-13(18-20)7-4-5-8-9-2-1-3-10(14(16)19-21)12(9)17-11(8)6-7/h1-6,17,20-21H,(H2,15,18)(H2,16,19). The summed E-state index contributed by atoms with van der Waals surface area (Å²) < 4.78 is 0. The monoisotopic (exact) mass is 283 g/mol. The van der Waals surface area contributed by atoms with Gasteiger partial charge in [-0.1, -0.05) is 34.6 Å². The highest BCUT2D eigenvalue weighted by molar-refractivity contribution is 6.16. The van der Waals surface area contributed by atoms with Crippen LogP contribution in [0.5, 0.6) is 0 Å². The van der Waals surface area contributed by atoms with Crippen LogP contribution in [-0.2, 0) is 0 Å². The lowest BCUT2D eigenvalue weighted by Gasteiger charge is -2.00. The summed E-state index contributed by atoms with van der Waals surface area (Å²) in [6.45, 7) is 0. The van der Waals surface area contributed by atoms with Gasteiger partial charge in [-0.2, -0.15) is 0 Å². The van der Waals surface area contributed by atoms with Gasteiger partial charge in [-0.3, -0.25) is 0 Å². The van der Waals surface area contributed by atoms with E-state index in [4.69, 9.17) is 21.9 Å². The second-order valence-corrected chi connectivity index (χ2v) is 4.58. The van der Waals surface area contributed by atoms with Crippen molar-refractivity contribution in [2.45, 2.75) is 0 Å². The molecule has 7 heteroatoms. The lowest BCUT2D eigenvalue weighted by Crippen LogP contribution is -2.13. The van der Waals surface area contributed by atoms with Crippen molar-refractivity contribution in [1.82, 2.24) is 4.98 Å². The number of nitrogens with zero attached hydrogens (tertiary/aromatic N) is 2. The molecule has 0 fully saturated rings. The molecule has 0 unspecified atom stereocenters. The van der Waals surface area contributed by atoms with Gasteiger partial charge < -0.3 is 26.9 Å². The Morgan fingerprint density at radius 3 is 2.43 bits per heavy atom. The Bertz CT molecular complexity index is 895. The average Bonchev–Trinajstić information content (AvgIpc) is 2.90. The van der Waals surface area contributed by atoms with Gasteiger partial charge in [0.1, 0.15) is 0 Å². The first-order valence-corrected chi connectivity index (χ1v) is 6.16. The normalized spacial score (nSPS) is 13.1. The van der Waals surface area contributed by atoms with E-state index in [0.29, 0.717) is 11.1 Å². The fourth-order valence-electron chi connectivity index (χ4n) is 2.41. The zero-order valence-electron chi connectivity index (χ0n) is 10.9. The molecule has 0 bridgehead atoms. The summed E-state index contributed by atoms with van der Waals surface area (Å²) in [4.78, 5) is 3.22. The van der Waals surface area contributed by atoms with Crippen molar-refractivity contribution in [3.63, 3.8) is 0 Å². The van der Waals surface area contributed by atoms with Gasteiger partial charge in [0.2, 0.25) is 0 Å². The first-order valence-electron chi connectivity index (χ1n) is 6.16. The molecule has 3 aromatic rings. The lowest BCUT2D eigenvalue weighted by molar-refractivity contribution is 0.318. The van der Waals surface area contributed by atoms with Gasteiger partial charge in [0, 0.05) is 27.4 Å². The molecule has 21 heavy (non-hydrogen) atoms. The summed E-state index contributed by atoms with van der Waals surface area (Å²) in [5.41, 5.74) is 14.1. The van der Waals surface area contributed by atoms with Gasteiger partial charge in [-0.15, -0.1) is 0 Å². The van der Waals surface area contributed by atoms with Gasteiger partial charge in [-0.25, -0.2) is 0 Å². The second-order valence-electron chi connectivity index (χ2n) is 4.58. The number of rotatable bonds is 2. The summed E-state index contributed by atoms with van der Waals surface area (Å²) in [5, 5.41) is 25.5. The third-order valence-electron chi connectivity index (χ3n) is 3.42. The number of hydrogen-bond acceptors (Lipinski definition) is 4. The summed E-state index contributed by atoms with van der Waals surface area (Å²) in [5.74, 6) is 0.0658. The molecule has 2 aromatic carbocycles. The molecule has 0 spiro atoms. The topological polar surface area (TPSA) is 133 Å². The first-order chi connectivity index (χ1) is 10.2.